The van der Waals surface area contributed by atoms with Crippen LogP contribution in [-0.2, 0) is 17.2 Å². The molecule has 4 rings (SSSR count). The predicted octanol–water partition coefficient (Wildman–Crippen LogP) is 4.15. The fraction of sp³-hybridized carbons (Fsp3) is 0.348. The van der Waals surface area contributed by atoms with Crippen molar-refractivity contribution >= 4 is 22.5 Å². The lowest BCUT2D eigenvalue weighted by Gasteiger charge is -2.26. The van der Waals surface area contributed by atoms with E-state index in [-0.39, 0.29) is 23.9 Å². The molecule has 1 aromatic carbocycles. The van der Waals surface area contributed by atoms with E-state index in [2.05, 4.69) is 22.3 Å². The predicted molar refractivity (Wildman–Crippen MR) is 122 cm³/mol. The Labute approximate surface area is 189 Å². The molecule has 2 aromatic heterocycles. The summed E-state index contributed by atoms with van der Waals surface area (Å²) in [7, 11) is -1.20. The molecule has 3 heterocycles. The van der Waals surface area contributed by atoms with Crippen molar-refractivity contribution < 1.29 is 13.4 Å². The van der Waals surface area contributed by atoms with E-state index < -0.39 is 10.8 Å². The highest BCUT2D eigenvalue weighted by molar-refractivity contribution is 7.84. The number of carbonyl (C=O) groups is 1. The molecule has 0 bridgehead atoms. The highest BCUT2D eigenvalue weighted by Crippen LogP contribution is 2.34. The van der Waals surface area contributed by atoms with Crippen LogP contribution in [0.15, 0.2) is 53.8 Å². The van der Waals surface area contributed by atoms with E-state index in [0.29, 0.717) is 11.4 Å². The molecule has 168 valence electrons. The number of pyridine rings is 1. The second-order valence-electron chi connectivity index (χ2n) is 7.96. The third-order valence-electron chi connectivity index (χ3n) is 5.66. The highest BCUT2D eigenvalue weighted by Gasteiger charge is 2.35. The molecule has 0 aliphatic carbocycles. The Bertz CT molecular complexity index is 1150. The average Bonchev–Trinajstić information content (AvgIpc) is 3.31. The Morgan fingerprint density at radius 2 is 2.06 bits per heavy atom. The average molecular weight is 456 g/mol. The molecule has 7 nitrogen and oxygen atoms in total. The summed E-state index contributed by atoms with van der Waals surface area (Å²) in [6.45, 7) is 4.05. The molecule has 0 saturated heterocycles. The number of urea groups is 1. The number of fused-ring (bicyclic) bond motifs is 1. The molecule has 1 N–H and O–H groups in total. The van der Waals surface area contributed by atoms with Crippen LogP contribution in [0.1, 0.15) is 44.0 Å². The summed E-state index contributed by atoms with van der Waals surface area (Å²) in [6, 6.07) is 9.31. The molecule has 3 aromatic rings. The number of aromatic nitrogens is 3. The maximum absolute atomic E-state index is 13.3. The number of hydrogen-bond donors (Lipinski definition) is 1. The van der Waals surface area contributed by atoms with Gasteiger partial charge in [0, 0.05) is 24.9 Å². The number of rotatable bonds is 6. The molecule has 0 saturated carbocycles. The lowest BCUT2D eigenvalue weighted by molar-refractivity contribution is 0.240. The van der Waals surface area contributed by atoms with Gasteiger partial charge in [-0.05, 0) is 55.3 Å². The molecule has 0 radical (unpaired) electrons. The largest absolute Gasteiger partial charge is 0.331 e. The summed E-state index contributed by atoms with van der Waals surface area (Å²) in [5.41, 5.74) is 3.30. The minimum Gasteiger partial charge on any atom is -0.331 e. The van der Waals surface area contributed by atoms with Crippen molar-refractivity contribution in [3.8, 4) is 5.69 Å². The molecular weight excluding hydrogens is 429 g/mol. The number of nitrogens with one attached hydrogen (secondary N) is 1. The summed E-state index contributed by atoms with van der Waals surface area (Å²) in [6.07, 6.45) is 7.17. The first-order valence-corrected chi connectivity index (χ1v) is 12.2. The first-order chi connectivity index (χ1) is 15.4. The minimum atomic E-state index is -1.20. The van der Waals surface area contributed by atoms with Gasteiger partial charge in [0.15, 0.2) is 0 Å². The molecule has 0 spiro atoms. The van der Waals surface area contributed by atoms with Gasteiger partial charge in [-0.3, -0.25) is 9.11 Å². The van der Waals surface area contributed by atoms with Gasteiger partial charge in [0.2, 0.25) is 0 Å². The van der Waals surface area contributed by atoms with E-state index in [1.54, 1.807) is 46.4 Å². The Hall–Kier alpha value is -3.07. The van der Waals surface area contributed by atoms with Crippen LogP contribution < -0.4 is 10.2 Å². The van der Waals surface area contributed by atoms with Crippen molar-refractivity contribution in [2.75, 3.05) is 11.2 Å². The molecular formula is C23H26FN5O2S. The normalized spacial score (nSPS) is 17.1. The molecule has 3 atom stereocenters. The van der Waals surface area contributed by atoms with Gasteiger partial charge < -0.3 is 5.32 Å². The Kier molecular flexibility index (Phi) is 6.36. The number of halogens is 1. The molecule has 1 aliphatic heterocycles. The second-order valence-corrected chi connectivity index (χ2v) is 9.29. The van der Waals surface area contributed by atoms with Crippen LogP contribution in [0.5, 0.6) is 0 Å². The lowest BCUT2D eigenvalue weighted by Crippen LogP contribution is -2.44. The van der Waals surface area contributed by atoms with Crippen LogP contribution in [0.2, 0.25) is 0 Å². The molecule has 9 heteroatoms. The van der Waals surface area contributed by atoms with E-state index in [9.17, 15) is 13.4 Å². The Balaban J connectivity index is 1.59. The van der Waals surface area contributed by atoms with Gasteiger partial charge in [-0.2, -0.15) is 5.10 Å². The van der Waals surface area contributed by atoms with Crippen molar-refractivity contribution in [2.45, 2.75) is 50.2 Å². The Morgan fingerprint density at radius 3 is 2.75 bits per heavy atom. The fourth-order valence-corrected chi connectivity index (χ4v) is 4.62. The van der Waals surface area contributed by atoms with Gasteiger partial charge in [0.1, 0.15) is 10.8 Å². The Morgan fingerprint density at radius 1 is 1.31 bits per heavy atom. The van der Waals surface area contributed by atoms with Crippen LogP contribution in [0.3, 0.4) is 0 Å². The molecule has 32 heavy (non-hydrogen) atoms. The quantitative estimate of drug-likeness (QED) is 0.606. The zero-order valence-electron chi connectivity index (χ0n) is 18.3. The molecule has 2 amide bonds. The van der Waals surface area contributed by atoms with Crippen LogP contribution in [0.4, 0.5) is 14.9 Å². The minimum absolute atomic E-state index is 0.0480. The summed E-state index contributed by atoms with van der Waals surface area (Å²) < 4.78 is 26.9. The monoisotopic (exact) mass is 455 g/mol. The summed E-state index contributed by atoms with van der Waals surface area (Å²) in [5, 5.41) is 8.08. The first-order valence-electron chi connectivity index (χ1n) is 10.6. The smallest absolute Gasteiger partial charge is 0.322 e. The van der Waals surface area contributed by atoms with E-state index in [4.69, 9.17) is 0 Å². The van der Waals surface area contributed by atoms with Crippen molar-refractivity contribution in [3.05, 3.63) is 65.9 Å². The zero-order valence-corrected chi connectivity index (χ0v) is 19.1. The van der Waals surface area contributed by atoms with E-state index in [1.807, 2.05) is 13.0 Å². The number of benzene rings is 1. The van der Waals surface area contributed by atoms with Gasteiger partial charge in [-0.25, -0.2) is 18.9 Å². The highest BCUT2D eigenvalue weighted by atomic mass is 32.2. The first kappa shape index (κ1) is 22.1. The van der Waals surface area contributed by atoms with Crippen molar-refractivity contribution in [1.29, 1.82) is 0 Å². The SMILES string of the molecule is CCC[C@H](NC(=O)N1c2cnn(-c3ccc(F)cc3)c2CC1C)c1ccnc(S(C)=O)c1. The van der Waals surface area contributed by atoms with E-state index >= 15 is 0 Å². The number of anilines is 1. The van der Waals surface area contributed by atoms with Crippen LogP contribution in [0.25, 0.3) is 5.69 Å². The third-order valence-corrected chi connectivity index (χ3v) is 6.47. The fourth-order valence-electron chi connectivity index (χ4n) is 4.11. The molecule has 2 unspecified atom stereocenters. The standard InChI is InChI=1S/C23H26FN5O2S/c1-4-5-19(16-10-11-25-22(13-16)32(3)31)27-23(30)28-15(2)12-20-21(28)14-26-29(20)18-8-6-17(24)7-9-18/h6-11,13-15,19H,4-5,12H2,1-3H3,(H,27,30)/t15?,19-,32?/m0/s1. The van der Waals surface area contributed by atoms with Crippen LogP contribution >= 0.6 is 0 Å². The van der Waals surface area contributed by atoms with Gasteiger partial charge >= 0.3 is 6.03 Å². The number of hydrogen-bond acceptors (Lipinski definition) is 4. The van der Waals surface area contributed by atoms with Gasteiger partial charge in [0.05, 0.1) is 40.1 Å². The lowest BCUT2D eigenvalue weighted by atomic mass is 10.0. The van der Waals surface area contributed by atoms with Crippen LogP contribution in [-0.4, -0.2) is 37.3 Å². The van der Waals surface area contributed by atoms with Crippen molar-refractivity contribution in [3.63, 3.8) is 0 Å². The summed E-state index contributed by atoms with van der Waals surface area (Å²) in [5.74, 6) is -0.305. The number of carbonyl (C=O) groups excluding carboxylic acids is 1. The van der Waals surface area contributed by atoms with Gasteiger partial charge in [-0.1, -0.05) is 13.3 Å². The topological polar surface area (TPSA) is 80.1 Å². The van der Waals surface area contributed by atoms with E-state index in [0.717, 1.165) is 35.5 Å². The van der Waals surface area contributed by atoms with Crippen molar-refractivity contribution in [2.24, 2.45) is 0 Å². The van der Waals surface area contributed by atoms with Crippen LogP contribution in [0, 0.1) is 5.82 Å². The maximum Gasteiger partial charge on any atom is 0.322 e. The summed E-state index contributed by atoms with van der Waals surface area (Å²) >= 11 is 0. The van der Waals surface area contributed by atoms with Crippen molar-refractivity contribution in [1.82, 2.24) is 20.1 Å². The van der Waals surface area contributed by atoms with Gasteiger partial charge in [-0.15, -0.1) is 0 Å². The second kappa shape index (κ2) is 9.20. The number of nitrogens with zero attached hydrogens (tertiary/aromatic N) is 4. The zero-order chi connectivity index (χ0) is 22.8. The third kappa shape index (κ3) is 4.29. The van der Waals surface area contributed by atoms with E-state index in [1.165, 1.54) is 12.1 Å². The molecule has 0 fully saturated rings. The number of amides is 2. The molecule has 1 aliphatic rings. The maximum atomic E-state index is 13.3. The summed E-state index contributed by atoms with van der Waals surface area (Å²) in [4.78, 5) is 19.2. The van der Waals surface area contributed by atoms with Gasteiger partial charge in [0.25, 0.3) is 0 Å².